The van der Waals surface area contributed by atoms with Gasteiger partial charge in [0.1, 0.15) is 6.54 Å². The Kier molecular flexibility index (Phi) is 4.83. The molecule has 1 saturated heterocycles. The van der Waals surface area contributed by atoms with Gasteiger partial charge < -0.3 is 5.73 Å². The molecular weight excluding hydrogens is 214 g/mol. The number of hydrogen-bond donors (Lipinski definition) is 1. The molecule has 6 nitrogen and oxygen atoms in total. The van der Waals surface area contributed by atoms with Crippen molar-refractivity contribution in [2.75, 3.05) is 6.54 Å². The van der Waals surface area contributed by atoms with E-state index in [-0.39, 0.29) is 56.2 Å². The number of primary amides is 1. The van der Waals surface area contributed by atoms with Crippen molar-refractivity contribution in [3.05, 3.63) is 0 Å². The Labute approximate surface area is 111 Å². The molecule has 2 radical (unpaired) electrons. The molecule has 0 spiro atoms. The second kappa shape index (κ2) is 4.95. The number of urea groups is 2. The van der Waals surface area contributed by atoms with Crippen LogP contribution in [0, 0.1) is 0 Å². The summed E-state index contributed by atoms with van der Waals surface area (Å²) < 4.78 is 0. The van der Waals surface area contributed by atoms with Gasteiger partial charge in [-0.25, -0.2) is 14.5 Å². The standard InChI is InChI=1S/C7H11N3O3.Ca/c1-4(2)10-5(11)3-9(6(8)12)7(10)13;/h4H,3H2,1-2H3,(H2,8,12);. The van der Waals surface area contributed by atoms with Gasteiger partial charge in [-0.1, -0.05) is 0 Å². The van der Waals surface area contributed by atoms with E-state index in [0.717, 1.165) is 9.80 Å². The molecule has 7 heteroatoms. The first kappa shape index (κ1) is 13.7. The minimum absolute atomic E-state index is 0. The number of imide groups is 2. The molecule has 1 fully saturated rings. The van der Waals surface area contributed by atoms with Gasteiger partial charge in [-0.15, -0.1) is 0 Å². The van der Waals surface area contributed by atoms with Crippen molar-refractivity contribution >= 4 is 55.7 Å². The first-order valence-electron chi connectivity index (χ1n) is 3.88. The molecule has 0 bridgehead atoms. The van der Waals surface area contributed by atoms with Crippen molar-refractivity contribution in [1.29, 1.82) is 0 Å². The summed E-state index contributed by atoms with van der Waals surface area (Å²) in [5, 5.41) is 0. The molecule has 1 aliphatic rings. The molecule has 0 aliphatic carbocycles. The molecular formula is C7H11CaN3O3. The third kappa shape index (κ3) is 2.37. The monoisotopic (exact) mass is 225 g/mol. The third-order valence-electron chi connectivity index (χ3n) is 1.78. The first-order valence-corrected chi connectivity index (χ1v) is 3.88. The second-order valence-electron chi connectivity index (χ2n) is 3.06. The number of amides is 5. The summed E-state index contributed by atoms with van der Waals surface area (Å²) in [6.45, 7) is 3.15. The maximum Gasteiger partial charge on any atom is 0.335 e. The average Bonchev–Trinajstić information content (AvgIpc) is 2.26. The van der Waals surface area contributed by atoms with Crippen LogP contribution in [-0.4, -0.2) is 78.1 Å². The predicted molar refractivity (Wildman–Crippen MR) is 49.4 cm³/mol. The fourth-order valence-electron chi connectivity index (χ4n) is 1.20. The quantitative estimate of drug-likeness (QED) is 0.475. The Balaban J connectivity index is 0.00000169. The number of rotatable bonds is 1. The van der Waals surface area contributed by atoms with Crippen LogP contribution in [0.4, 0.5) is 9.59 Å². The van der Waals surface area contributed by atoms with Crippen LogP contribution in [0.2, 0.25) is 0 Å². The zero-order valence-corrected chi connectivity index (χ0v) is 10.4. The molecule has 74 valence electrons. The van der Waals surface area contributed by atoms with Gasteiger partial charge in [0.05, 0.1) is 0 Å². The van der Waals surface area contributed by atoms with Gasteiger partial charge in [-0.2, -0.15) is 0 Å². The molecule has 0 unspecified atom stereocenters. The van der Waals surface area contributed by atoms with Crippen molar-refractivity contribution in [2.45, 2.75) is 19.9 Å². The molecule has 2 N–H and O–H groups in total. The van der Waals surface area contributed by atoms with Crippen LogP contribution in [0.5, 0.6) is 0 Å². The maximum absolute atomic E-state index is 11.3. The van der Waals surface area contributed by atoms with Gasteiger partial charge in [-0.3, -0.25) is 9.69 Å². The summed E-state index contributed by atoms with van der Waals surface area (Å²) in [6.07, 6.45) is 0. The number of carbonyl (C=O) groups is 3. The molecule has 1 rings (SSSR count). The zero-order chi connectivity index (χ0) is 10.2. The number of carbonyl (C=O) groups excluding carboxylic acids is 3. The Morgan fingerprint density at radius 2 is 1.93 bits per heavy atom. The molecule has 0 aromatic rings. The van der Waals surface area contributed by atoms with Crippen LogP contribution in [0.25, 0.3) is 0 Å². The summed E-state index contributed by atoms with van der Waals surface area (Å²) in [7, 11) is 0. The predicted octanol–water partition coefficient (Wildman–Crippen LogP) is -0.643. The van der Waals surface area contributed by atoms with Crippen molar-refractivity contribution < 1.29 is 14.4 Å². The van der Waals surface area contributed by atoms with Crippen LogP contribution < -0.4 is 5.73 Å². The summed E-state index contributed by atoms with van der Waals surface area (Å²) in [6, 6.07) is -1.77. The topological polar surface area (TPSA) is 83.7 Å². The molecule has 0 aromatic heterocycles. The Bertz CT molecular complexity index is 279. The van der Waals surface area contributed by atoms with Crippen LogP contribution in [0.1, 0.15) is 13.8 Å². The zero-order valence-electron chi connectivity index (χ0n) is 8.19. The molecule has 1 aliphatic heterocycles. The molecule has 0 atom stereocenters. The summed E-state index contributed by atoms with van der Waals surface area (Å²) >= 11 is 0. The summed E-state index contributed by atoms with van der Waals surface area (Å²) in [5.41, 5.74) is 4.90. The minimum atomic E-state index is -0.888. The van der Waals surface area contributed by atoms with E-state index >= 15 is 0 Å². The van der Waals surface area contributed by atoms with E-state index in [1.165, 1.54) is 0 Å². The molecule has 1 heterocycles. The summed E-state index contributed by atoms with van der Waals surface area (Å²) in [4.78, 5) is 34.9. The van der Waals surface area contributed by atoms with E-state index in [0.29, 0.717) is 0 Å². The fraction of sp³-hybridized carbons (Fsp3) is 0.571. The van der Waals surface area contributed by atoms with Crippen LogP contribution >= 0.6 is 0 Å². The fourth-order valence-corrected chi connectivity index (χ4v) is 1.20. The van der Waals surface area contributed by atoms with Gasteiger partial charge in [0.15, 0.2) is 0 Å². The summed E-state index contributed by atoms with van der Waals surface area (Å²) in [5.74, 6) is -0.390. The Morgan fingerprint density at radius 3 is 2.14 bits per heavy atom. The molecule has 14 heavy (non-hydrogen) atoms. The van der Waals surface area contributed by atoms with E-state index in [2.05, 4.69) is 0 Å². The maximum atomic E-state index is 11.3. The van der Waals surface area contributed by atoms with E-state index in [9.17, 15) is 14.4 Å². The third-order valence-corrected chi connectivity index (χ3v) is 1.78. The van der Waals surface area contributed by atoms with Gasteiger partial charge in [-0.05, 0) is 13.8 Å². The van der Waals surface area contributed by atoms with Crippen molar-refractivity contribution in [2.24, 2.45) is 5.73 Å². The van der Waals surface area contributed by atoms with Crippen LogP contribution in [-0.2, 0) is 4.79 Å². The SMILES string of the molecule is CC(C)N1C(=O)CN(C(N)=O)C1=O.[Ca]. The van der Waals surface area contributed by atoms with Crippen LogP contribution in [0.15, 0.2) is 0 Å². The minimum Gasteiger partial charge on any atom is -0.351 e. The normalized spacial score (nSPS) is 16.2. The smallest absolute Gasteiger partial charge is 0.335 e. The van der Waals surface area contributed by atoms with Crippen molar-refractivity contribution in [3.63, 3.8) is 0 Å². The second-order valence-corrected chi connectivity index (χ2v) is 3.06. The van der Waals surface area contributed by atoms with Gasteiger partial charge in [0.2, 0.25) is 0 Å². The van der Waals surface area contributed by atoms with Crippen LogP contribution in [0.3, 0.4) is 0 Å². The molecule has 0 saturated carbocycles. The van der Waals surface area contributed by atoms with E-state index < -0.39 is 12.1 Å². The van der Waals surface area contributed by atoms with E-state index in [1.807, 2.05) is 0 Å². The van der Waals surface area contributed by atoms with Crippen molar-refractivity contribution in [3.8, 4) is 0 Å². The van der Waals surface area contributed by atoms with Gasteiger partial charge >= 0.3 is 12.1 Å². The first-order chi connectivity index (χ1) is 5.95. The van der Waals surface area contributed by atoms with Gasteiger partial charge in [0, 0.05) is 43.8 Å². The van der Waals surface area contributed by atoms with E-state index in [1.54, 1.807) is 13.8 Å². The van der Waals surface area contributed by atoms with E-state index in [4.69, 9.17) is 5.73 Å². The number of nitrogens with zero attached hydrogens (tertiary/aromatic N) is 2. The molecule has 5 amide bonds. The van der Waals surface area contributed by atoms with Gasteiger partial charge in [0.25, 0.3) is 5.91 Å². The van der Waals surface area contributed by atoms with Crippen molar-refractivity contribution in [1.82, 2.24) is 9.80 Å². The Morgan fingerprint density at radius 1 is 1.43 bits per heavy atom. The largest absolute Gasteiger partial charge is 0.351 e. The number of nitrogens with two attached hydrogens (primary N) is 1. The molecule has 0 aromatic carbocycles. The number of hydrogen-bond acceptors (Lipinski definition) is 3. The Hall–Kier alpha value is -0.330. The average molecular weight is 225 g/mol.